The van der Waals surface area contributed by atoms with E-state index in [0.717, 1.165) is 71.7 Å². The minimum absolute atomic E-state index is 0.0430. The molecule has 1 aromatic carbocycles. The van der Waals surface area contributed by atoms with Gasteiger partial charge in [0.1, 0.15) is 5.75 Å². The van der Waals surface area contributed by atoms with E-state index in [0.29, 0.717) is 11.4 Å². The summed E-state index contributed by atoms with van der Waals surface area (Å²) in [5, 5.41) is 8.38. The number of pyridine rings is 2. The number of rotatable bonds is 10. The van der Waals surface area contributed by atoms with E-state index < -0.39 is 11.8 Å². The van der Waals surface area contributed by atoms with Crippen molar-refractivity contribution < 1.29 is 28.2 Å². The van der Waals surface area contributed by atoms with Gasteiger partial charge in [-0.2, -0.15) is 0 Å². The highest BCUT2D eigenvalue weighted by Gasteiger charge is 2.24. The van der Waals surface area contributed by atoms with Crippen molar-refractivity contribution in [3.05, 3.63) is 66.2 Å². The first-order valence-electron chi connectivity index (χ1n) is 14.8. The highest BCUT2D eigenvalue weighted by atomic mass is 32.1. The molecular weight excluding hydrogens is 599 g/mol. The zero-order valence-corrected chi connectivity index (χ0v) is 25.5. The van der Waals surface area contributed by atoms with Crippen LogP contribution in [-0.4, -0.2) is 64.6 Å². The Labute approximate surface area is 263 Å². The summed E-state index contributed by atoms with van der Waals surface area (Å²) < 4.78 is 26.4. The lowest BCUT2D eigenvalue weighted by Gasteiger charge is -2.32. The van der Waals surface area contributed by atoms with Crippen molar-refractivity contribution in [3.8, 4) is 22.1 Å². The molecule has 1 saturated heterocycles. The molecule has 234 valence electrons. The van der Waals surface area contributed by atoms with Gasteiger partial charge >= 0.3 is 12.0 Å². The largest absolute Gasteiger partial charge is 0.456 e. The van der Waals surface area contributed by atoms with Crippen LogP contribution in [0.3, 0.4) is 0 Å². The maximum Gasteiger partial charge on any atom is 0.319 e. The van der Waals surface area contributed by atoms with E-state index in [2.05, 4.69) is 31.9 Å². The molecule has 2 fully saturated rings. The fourth-order valence-electron chi connectivity index (χ4n) is 5.08. The molecule has 45 heavy (non-hydrogen) atoms. The average molecular weight is 633 g/mol. The van der Waals surface area contributed by atoms with Crippen LogP contribution in [0.2, 0.25) is 0 Å². The molecule has 1 aliphatic carbocycles. The third-order valence-electron chi connectivity index (χ3n) is 7.54. The SMILES string of the molecule is CC(=O)OCC(=O)NC1CCN(Cc2ccc(-c3cc4nccc(Oc5ccc(NC(=O)NC6CC6)cc5F)c4s3)nc2)CC1. The fraction of sp³-hybridized carbons (Fsp3) is 0.344. The van der Waals surface area contributed by atoms with Gasteiger partial charge in [-0.3, -0.25) is 24.5 Å². The van der Waals surface area contributed by atoms with Crippen molar-refractivity contribution in [2.24, 2.45) is 0 Å². The Hall–Kier alpha value is -4.62. The molecule has 13 heteroatoms. The number of nitrogens with one attached hydrogen (secondary N) is 3. The summed E-state index contributed by atoms with van der Waals surface area (Å²) >= 11 is 1.47. The number of anilines is 1. The normalized spacial score (nSPS) is 15.4. The molecule has 1 aliphatic heterocycles. The first-order valence-corrected chi connectivity index (χ1v) is 15.6. The van der Waals surface area contributed by atoms with Crippen LogP contribution in [0.5, 0.6) is 11.5 Å². The van der Waals surface area contributed by atoms with Gasteiger partial charge in [0.25, 0.3) is 5.91 Å². The zero-order valence-electron chi connectivity index (χ0n) is 24.7. The molecule has 0 spiro atoms. The van der Waals surface area contributed by atoms with E-state index in [1.54, 1.807) is 18.3 Å². The first-order chi connectivity index (χ1) is 21.8. The lowest BCUT2D eigenvalue weighted by molar-refractivity contribution is -0.146. The molecule has 3 N–H and O–H groups in total. The van der Waals surface area contributed by atoms with Crippen LogP contribution < -0.4 is 20.7 Å². The summed E-state index contributed by atoms with van der Waals surface area (Å²) in [5.41, 5.74) is 2.94. The first kappa shape index (κ1) is 30.4. The summed E-state index contributed by atoms with van der Waals surface area (Å²) in [6, 6.07) is 11.9. The Morgan fingerprint density at radius 2 is 1.78 bits per heavy atom. The molecule has 4 heterocycles. The third kappa shape index (κ3) is 8.11. The Morgan fingerprint density at radius 3 is 2.49 bits per heavy atom. The third-order valence-corrected chi connectivity index (χ3v) is 8.70. The molecule has 1 saturated carbocycles. The molecule has 4 aromatic rings. The second-order valence-corrected chi connectivity index (χ2v) is 12.3. The number of nitrogens with zero attached hydrogens (tertiary/aromatic N) is 3. The number of hydrogen-bond acceptors (Lipinski definition) is 9. The molecule has 2 aliphatic rings. The number of likely N-dealkylation sites (tertiary alicyclic amines) is 1. The number of halogens is 1. The predicted molar refractivity (Wildman–Crippen MR) is 168 cm³/mol. The molecule has 0 radical (unpaired) electrons. The smallest absolute Gasteiger partial charge is 0.319 e. The number of benzene rings is 1. The van der Waals surface area contributed by atoms with E-state index in [1.807, 2.05) is 18.3 Å². The number of piperidine rings is 1. The Kier molecular flexibility index (Phi) is 9.17. The number of thiophene rings is 1. The van der Waals surface area contributed by atoms with Gasteiger partial charge in [-0.25, -0.2) is 9.18 Å². The van der Waals surface area contributed by atoms with Gasteiger partial charge in [0, 0.05) is 68.9 Å². The van der Waals surface area contributed by atoms with Gasteiger partial charge in [0.15, 0.2) is 18.2 Å². The van der Waals surface area contributed by atoms with Crippen molar-refractivity contribution in [1.82, 2.24) is 25.5 Å². The number of aromatic nitrogens is 2. The molecule has 0 atom stereocenters. The van der Waals surface area contributed by atoms with E-state index in [9.17, 15) is 18.8 Å². The van der Waals surface area contributed by atoms with E-state index in [4.69, 9.17) is 14.5 Å². The number of carbonyl (C=O) groups excluding carboxylic acids is 3. The summed E-state index contributed by atoms with van der Waals surface area (Å²) in [7, 11) is 0. The maximum absolute atomic E-state index is 14.9. The van der Waals surface area contributed by atoms with Crippen LogP contribution in [0, 0.1) is 5.82 Å². The number of ether oxygens (including phenoxy) is 2. The highest BCUT2D eigenvalue weighted by molar-refractivity contribution is 7.22. The quantitative estimate of drug-likeness (QED) is 0.203. The lowest BCUT2D eigenvalue weighted by Crippen LogP contribution is -2.45. The van der Waals surface area contributed by atoms with Crippen LogP contribution in [0.4, 0.5) is 14.9 Å². The highest BCUT2D eigenvalue weighted by Crippen LogP contribution is 2.39. The molecule has 3 amide bonds. The number of amides is 3. The second-order valence-electron chi connectivity index (χ2n) is 11.2. The second kappa shape index (κ2) is 13.6. The minimum Gasteiger partial charge on any atom is -0.456 e. The van der Waals surface area contributed by atoms with E-state index >= 15 is 0 Å². The van der Waals surface area contributed by atoms with Gasteiger partial charge in [0.05, 0.1) is 20.8 Å². The van der Waals surface area contributed by atoms with Gasteiger partial charge in [-0.15, -0.1) is 11.3 Å². The number of fused-ring (bicyclic) bond motifs is 1. The van der Waals surface area contributed by atoms with Crippen LogP contribution in [0.25, 0.3) is 20.8 Å². The summed E-state index contributed by atoms with van der Waals surface area (Å²) in [6.07, 6.45) is 7.06. The molecular formula is C32H33FN6O5S. The van der Waals surface area contributed by atoms with Crippen molar-refractivity contribution in [2.45, 2.75) is 51.2 Å². The monoisotopic (exact) mass is 632 g/mol. The number of esters is 1. The average Bonchev–Trinajstić information content (AvgIpc) is 3.72. The van der Waals surface area contributed by atoms with Gasteiger partial charge in [-0.05, 0) is 55.5 Å². The predicted octanol–water partition coefficient (Wildman–Crippen LogP) is 5.22. The summed E-state index contributed by atoms with van der Waals surface area (Å²) in [4.78, 5) is 47.2. The van der Waals surface area contributed by atoms with Crippen molar-refractivity contribution >= 4 is 45.1 Å². The van der Waals surface area contributed by atoms with Crippen LogP contribution in [-0.2, 0) is 20.9 Å². The minimum atomic E-state index is -0.591. The number of urea groups is 1. The lowest BCUT2D eigenvalue weighted by atomic mass is 10.0. The van der Waals surface area contributed by atoms with Gasteiger partial charge < -0.3 is 25.4 Å². The molecule has 0 unspecified atom stereocenters. The molecule has 0 bridgehead atoms. The van der Waals surface area contributed by atoms with Crippen LogP contribution in [0.15, 0.2) is 54.9 Å². The Morgan fingerprint density at radius 1 is 0.978 bits per heavy atom. The maximum atomic E-state index is 14.9. The van der Waals surface area contributed by atoms with Crippen LogP contribution >= 0.6 is 11.3 Å². The van der Waals surface area contributed by atoms with E-state index in [1.165, 1.54) is 30.4 Å². The number of carbonyl (C=O) groups is 3. The fourth-order valence-corrected chi connectivity index (χ4v) is 6.12. The Balaban J connectivity index is 1.05. The summed E-state index contributed by atoms with van der Waals surface area (Å²) in [5.74, 6) is -0.816. The number of hydrogen-bond donors (Lipinski definition) is 3. The summed E-state index contributed by atoms with van der Waals surface area (Å²) in [6.45, 7) is 3.45. The van der Waals surface area contributed by atoms with Gasteiger partial charge in [-0.1, -0.05) is 6.07 Å². The topological polar surface area (TPSA) is 135 Å². The molecule has 11 nitrogen and oxygen atoms in total. The van der Waals surface area contributed by atoms with E-state index in [-0.39, 0.29) is 36.4 Å². The van der Waals surface area contributed by atoms with Crippen molar-refractivity contribution in [1.29, 1.82) is 0 Å². The van der Waals surface area contributed by atoms with Gasteiger partial charge in [0.2, 0.25) is 0 Å². The Bertz CT molecular complexity index is 1700. The van der Waals surface area contributed by atoms with Crippen molar-refractivity contribution in [3.63, 3.8) is 0 Å². The molecule has 6 rings (SSSR count). The zero-order chi connectivity index (χ0) is 31.3. The van der Waals surface area contributed by atoms with Crippen molar-refractivity contribution in [2.75, 3.05) is 25.0 Å². The molecule has 3 aromatic heterocycles. The van der Waals surface area contributed by atoms with Crippen LogP contribution in [0.1, 0.15) is 38.2 Å². The standard InChI is InChI=1S/C32H33FN6O5S/c1-19(40)43-18-30(41)36-22-9-12-39(13-10-22)17-20-2-6-25(35-16-20)29-15-26-31(45-29)28(8-11-34-26)44-27-7-5-23(14-24(27)33)38-32(42)37-21-3-4-21/h2,5-8,11,14-16,21-22H,3-4,9-10,12-13,17-18H2,1H3,(H,36,41)(H2,37,38,42).